The van der Waals surface area contributed by atoms with Crippen molar-refractivity contribution in [2.45, 2.75) is 6.92 Å². The fourth-order valence-electron chi connectivity index (χ4n) is 1.70. The number of esters is 1. The van der Waals surface area contributed by atoms with Crippen LogP contribution in [-0.2, 0) is 4.74 Å². The van der Waals surface area contributed by atoms with Crippen molar-refractivity contribution in [3.63, 3.8) is 0 Å². The van der Waals surface area contributed by atoms with Crippen LogP contribution in [0.4, 0.5) is 27.1 Å². The van der Waals surface area contributed by atoms with E-state index in [4.69, 9.17) is 0 Å². The summed E-state index contributed by atoms with van der Waals surface area (Å²) in [6.45, 7) is 1.40. The van der Waals surface area contributed by atoms with E-state index in [-0.39, 0.29) is 15.7 Å². The van der Waals surface area contributed by atoms with Crippen molar-refractivity contribution in [3.8, 4) is 0 Å². The number of aromatic nitrogens is 1. The molecule has 0 aliphatic heterocycles. The van der Waals surface area contributed by atoms with E-state index in [1.807, 2.05) is 5.32 Å². The van der Waals surface area contributed by atoms with Crippen molar-refractivity contribution in [2.24, 2.45) is 0 Å². The second-order valence-electron chi connectivity index (χ2n) is 4.32. The fraction of sp³-hybridized carbons (Fsp3) is 0.154. The van der Waals surface area contributed by atoms with Crippen LogP contribution in [0.3, 0.4) is 0 Å². The highest BCUT2D eigenvalue weighted by molar-refractivity contribution is 7.17. The van der Waals surface area contributed by atoms with E-state index in [0.29, 0.717) is 11.3 Å². The molecule has 1 aromatic carbocycles. The minimum atomic E-state index is -2.38. The average molecular weight is 366 g/mol. The summed E-state index contributed by atoms with van der Waals surface area (Å²) in [5, 5.41) is 1.60. The van der Waals surface area contributed by atoms with Crippen molar-refractivity contribution < 1.29 is 36.3 Å². The molecule has 0 aliphatic rings. The SMILES string of the molecule is COC(=O)c1sc(NC(=O)c2c(F)c(F)c(F)c(F)c2F)nc1C. The zero-order chi connectivity index (χ0) is 18.2. The molecule has 0 saturated carbocycles. The largest absolute Gasteiger partial charge is 0.465 e. The Bertz CT molecular complexity index is 824. The maximum absolute atomic E-state index is 13.6. The lowest BCUT2D eigenvalue weighted by atomic mass is 10.1. The summed E-state index contributed by atoms with van der Waals surface area (Å²) in [6, 6.07) is 0. The first kappa shape index (κ1) is 17.8. The van der Waals surface area contributed by atoms with Crippen LogP contribution in [0.15, 0.2) is 0 Å². The first-order valence-electron chi connectivity index (χ1n) is 6.07. The van der Waals surface area contributed by atoms with Crippen LogP contribution in [0.25, 0.3) is 0 Å². The Balaban J connectivity index is 2.40. The van der Waals surface area contributed by atoms with Gasteiger partial charge in [-0.05, 0) is 6.92 Å². The van der Waals surface area contributed by atoms with Gasteiger partial charge < -0.3 is 4.74 Å². The summed E-state index contributed by atoms with van der Waals surface area (Å²) in [5.74, 6) is -13.8. The molecule has 0 aliphatic carbocycles. The second kappa shape index (κ2) is 6.51. The molecule has 0 fully saturated rings. The van der Waals surface area contributed by atoms with Crippen LogP contribution in [-0.4, -0.2) is 24.0 Å². The number of thiazole rings is 1. The predicted octanol–water partition coefficient (Wildman–Crippen LogP) is 3.19. The number of methoxy groups -OCH3 is 1. The molecule has 24 heavy (non-hydrogen) atoms. The lowest BCUT2D eigenvalue weighted by Gasteiger charge is -2.07. The maximum atomic E-state index is 13.6. The normalized spacial score (nSPS) is 10.6. The summed E-state index contributed by atoms with van der Waals surface area (Å²) >= 11 is 0.614. The minimum Gasteiger partial charge on any atom is -0.465 e. The van der Waals surface area contributed by atoms with Gasteiger partial charge in [-0.25, -0.2) is 31.7 Å². The number of benzene rings is 1. The van der Waals surface area contributed by atoms with E-state index in [9.17, 15) is 31.5 Å². The second-order valence-corrected chi connectivity index (χ2v) is 5.32. The van der Waals surface area contributed by atoms with Crippen LogP contribution in [0, 0.1) is 36.0 Å². The molecule has 5 nitrogen and oxygen atoms in total. The Labute approximate surface area is 135 Å². The average Bonchev–Trinajstić information content (AvgIpc) is 2.90. The summed E-state index contributed by atoms with van der Waals surface area (Å²) in [6.07, 6.45) is 0. The Morgan fingerprint density at radius 1 is 1.00 bits per heavy atom. The summed E-state index contributed by atoms with van der Waals surface area (Å²) in [5.41, 5.74) is -1.50. The summed E-state index contributed by atoms with van der Waals surface area (Å²) in [4.78, 5) is 27.0. The Kier molecular flexibility index (Phi) is 4.83. The number of carbonyl (C=O) groups is 2. The number of aryl methyl sites for hydroxylation is 1. The first-order chi connectivity index (χ1) is 11.2. The number of nitrogens with zero attached hydrogens (tertiary/aromatic N) is 1. The van der Waals surface area contributed by atoms with Gasteiger partial charge in [0.05, 0.1) is 12.8 Å². The van der Waals surface area contributed by atoms with Gasteiger partial charge in [0.1, 0.15) is 10.4 Å². The van der Waals surface area contributed by atoms with Gasteiger partial charge in [-0.3, -0.25) is 10.1 Å². The number of hydrogen-bond acceptors (Lipinski definition) is 5. The topological polar surface area (TPSA) is 68.3 Å². The van der Waals surface area contributed by atoms with Crippen molar-refractivity contribution >= 4 is 28.3 Å². The molecule has 2 aromatic rings. The molecule has 0 unspecified atom stereocenters. The minimum absolute atomic E-state index is 0.00483. The predicted molar refractivity (Wildman–Crippen MR) is 72.4 cm³/mol. The van der Waals surface area contributed by atoms with Crippen LogP contribution in [0.5, 0.6) is 0 Å². The Hall–Kier alpha value is -2.56. The third-order valence-corrected chi connectivity index (χ3v) is 3.88. The van der Waals surface area contributed by atoms with E-state index in [2.05, 4.69) is 9.72 Å². The molecule has 1 amide bonds. The summed E-state index contributed by atoms with van der Waals surface area (Å²) < 4.78 is 70.7. The van der Waals surface area contributed by atoms with Crippen LogP contribution in [0.2, 0.25) is 0 Å². The van der Waals surface area contributed by atoms with Gasteiger partial charge >= 0.3 is 5.97 Å². The lowest BCUT2D eigenvalue weighted by molar-refractivity contribution is 0.0605. The van der Waals surface area contributed by atoms with E-state index >= 15 is 0 Å². The molecule has 2 rings (SSSR count). The first-order valence-corrected chi connectivity index (χ1v) is 6.89. The van der Waals surface area contributed by atoms with Gasteiger partial charge in [0.25, 0.3) is 5.91 Å². The quantitative estimate of drug-likeness (QED) is 0.392. The van der Waals surface area contributed by atoms with Gasteiger partial charge in [-0.2, -0.15) is 0 Å². The third-order valence-electron chi connectivity index (χ3n) is 2.82. The number of anilines is 1. The molecule has 0 saturated heterocycles. The van der Waals surface area contributed by atoms with E-state index in [1.165, 1.54) is 6.92 Å². The van der Waals surface area contributed by atoms with Crippen molar-refractivity contribution in [2.75, 3.05) is 12.4 Å². The monoisotopic (exact) mass is 366 g/mol. The smallest absolute Gasteiger partial charge is 0.350 e. The highest BCUT2D eigenvalue weighted by Crippen LogP contribution is 2.26. The molecule has 11 heteroatoms. The van der Waals surface area contributed by atoms with Crippen LogP contribution >= 0.6 is 11.3 Å². The number of ether oxygens (including phenoxy) is 1. The van der Waals surface area contributed by atoms with Gasteiger partial charge in [-0.15, -0.1) is 0 Å². The molecule has 0 radical (unpaired) electrons. The van der Waals surface area contributed by atoms with Crippen molar-refractivity contribution in [3.05, 3.63) is 45.2 Å². The van der Waals surface area contributed by atoms with Crippen molar-refractivity contribution in [1.82, 2.24) is 4.98 Å². The number of rotatable bonds is 3. The zero-order valence-electron chi connectivity index (χ0n) is 12.0. The highest BCUT2D eigenvalue weighted by Gasteiger charge is 2.30. The maximum Gasteiger partial charge on any atom is 0.350 e. The standard InChI is InChI=1S/C13H7F5N2O3S/c1-3-10(12(22)23-2)24-13(19-3)20-11(21)4-5(14)7(16)9(18)8(17)6(4)15/h1-2H3,(H,19,20,21). The molecular formula is C13H7F5N2O3S. The van der Waals surface area contributed by atoms with Crippen LogP contribution in [0.1, 0.15) is 25.7 Å². The molecule has 0 atom stereocenters. The zero-order valence-corrected chi connectivity index (χ0v) is 12.8. The number of hydrogen-bond donors (Lipinski definition) is 1. The third kappa shape index (κ3) is 2.94. The van der Waals surface area contributed by atoms with Gasteiger partial charge in [0.2, 0.25) is 5.82 Å². The number of halogens is 5. The summed E-state index contributed by atoms with van der Waals surface area (Å²) in [7, 11) is 1.11. The van der Waals surface area contributed by atoms with E-state index in [0.717, 1.165) is 7.11 Å². The number of amides is 1. The van der Waals surface area contributed by atoms with Gasteiger partial charge in [0, 0.05) is 0 Å². The molecule has 0 bridgehead atoms. The Morgan fingerprint density at radius 2 is 1.50 bits per heavy atom. The molecule has 1 heterocycles. The number of carbonyl (C=O) groups excluding carboxylic acids is 2. The molecular weight excluding hydrogens is 359 g/mol. The Morgan fingerprint density at radius 3 is 2.00 bits per heavy atom. The van der Waals surface area contributed by atoms with Gasteiger partial charge in [0.15, 0.2) is 28.4 Å². The molecule has 1 N–H and O–H groups in total. The fourth-order valence-corrected chi connectivity index (χ4v) is 2.58. The molecule has 128 valence electrons. The molecule has 1 aromatic heterocycles. The van der Waals surface area contributed by atoms with E-state index in [1.54, 1.807) is 0 Å². The lowest BCUT2D eigenvalue weighted by Crippen LogP contribution is -2.19. The van der Waals surface area contributed by atoms with Gasteiger partial charge in [-0.1, -0.05) is 11.3 Å². The van der Waals surface area contributed by atoms with E-state index < -0.39 is 46.5 Å². The van der Waals surface area contributed by atoms with Crippen molar-refractivity contribution in [1.29, 1.82) is 0 Å². The number of nitrogens with one attached hydrogen (secondary N) is 1. The highest BCUT2D eigenvalue weighted by atomic mass is 32.1. The van der Waals surface area contributed by atoms with Crippen LogP contribution < -0.4 is 5.32 Å². The molecule has 0 spiro atoms.